The van der Waals surface area contributed by atoms with Crippen molar-refractivity contribution in [3.8, 4) is 0 Å². The monoisotopic (exact) mass is 383 g/mol. The van der Waals surface area contributed by atoms with Crippen molar-refractivity contribution in [1.29, 1.82) is 0 Å². The summed E-state index contributed by atoms with van der Waals surface area (Å²) in [6.45, 7) is 3.35. The minimum atomic E-state index is -0.116. The number of amides is 1. The van der Waals surface area contributed by atoms with E-state index >= 15 is 0 Å². The molecule has 0 unspecified atom stereocenters. The zero-order valence-electron chi connectivity index (χ0n) is 16.2. The van der Waals surface area contributed by atoms with Crippen molar-refractivity contribution in [3.63, 3.8) is 0 Å². The van der Waals surface area contributed by atoms with Gasteiger partial charge >= 0.3 is 0 Å². The molecule has 0 atom stereocenters. The highest BCUT2D eigenvalue weighted by Gasteiger charge is 2.23. The molecule has 0 fully saturated rings. The van der Waals surface area contributed by atoms with Crippen molar-refractivity contribution in [2.24, 2.45) is 0 Å². The van der Waals surface area contributed by atoms with Crippen LogP contribution in [0, 0.1) is 6.92 Å². The third-order valence-electron chi connectivity index (χ3n) is 5.33. The average molecular weight is 383 g/mol. The van der Waals surface area contributed by atoms with E-state index in [2.05, 4.69) is 41.4 Å². The van der Waals surface area contributed by atoms with Gasteiger partial charge in [-0.25, -0.2) is 4.98 Å². The molecule has 0 bridgehead atoms. The van der Waals surface area contributed by atoms with Crippen LogP contribution < -0.4 is 10.2 Å². The van der Waals surface area contributed by atoms with Crippen LogP contribution in [0.4, 0.5) is 11.5 Å². The summed E-state index contributed by atoms with van der Waals surface area (Å²) in [6.07, 6.45) is 2.57. The van der Waals surface area contributed by atoms with Gasteiger partial charge in [-0.15, -0.1) is 0 Å². The van der Waals surface area contributed by atoms with Crippen molar-refractivity contribution >= 4 is 28.3 Å². The highest BCUT2D eigenvalue weighted by Crippen LogP contribution is 2.35. The summed E-state index contributed by atoms with van der Waals surface area (Å²) in [5.41, 5.74) is 5.17. The number of rotatable bonds is 4. The zero-order valence-corrected chi connectivity index (χ0v) is 16.2. The topological polar surface area (TPSA) is 58.4 Å². The maximum absolute atomic E-state index is 12.4. The summed E-state index contributed by atoms with van der Waals surface area (Å²) in [5.74, 6) is 1.63. The fourth-order valence-corrected chi connectivity index (χ4v) is 3.79. The van der Waals surface area contributed by atoms with E-state index in [4.69, 9.17) is 9.40 Å². The van der Waals surface area contributed by atoms with Gasteiger partial charge in [0.2, 0.25) is 0 Å². The van der Waals surface area contributed by atoms with Gasteiger partial charge in [0.15, 0.2) is 0 Å². The van der Waals surface area contributed by atoms with E-state index in [9.17, 15) is 4.79 Å². The summed E-state index contributed by atoms with van der Waals surface area (Å²) in [6, 6.07) is 20.0. The Bertz CT molecular complexity index is 1180. The van der Waals surface area contributed by atoms with E-state index in [-0.39, 0.29) is 5.91 Å². The fourth-order valence-electron chi connectivity index (χ4n) is 3.79. The van der Waals surface area contributed by atoms with Gasteiger partial charge < -0.3 is 14.6 Å². The molecule has 4 aromatic rings. The van der Waals surface area contributed by atoms with Crippen LogP contribution in [0.1, 0.15) is 27.2 Å². The number of anilines is 2. The van der Waals surface area contributed by atoms with E-state index in [1.165, 1.54) is 16.5 Å². The van der Waals surface area contributed by atoms with Gasteiger partial charge in [0, 0.05) is 23.2 Å². The third kappa shape index (κ3) is 3.36. The summed E-state index contributed by atoms with van der Waals surface area (Å²) in [5, 5.41) is 4.05. The Morgan fingerprint density at radius 1 is 1.14 bits per heavy atom. The second-order valence-electron chi connectivity index (χ2n) is 7.38. The molecule has 1 aliphatic heterocycles. The predicted molar refractivity (Wildman–Crippen MR) is 114 cm³/mol. The van der Waals surface area contributed by atoms with Crippen LogP contribution in [0.2, 0.25) is 0 Å². The van der Waals surface area contributed by atoms with Gasteiger partial charge in [-0.05, 0) is 73.0 Å². The molecule has 0 saturated carbocycles. The Morgan fingerprint density at radius 2 is 2.00 bits per heavy atom. The predicted octanol–water partition coefficient (Wildman–Crippen LogP) is 4.76. The number of furan rings is 1. The maximum Gasteiger partial charge on any atom is 0.251 e. The van der Waals surface area contributed by atoms with Crippen LogP contribution in [0.3, 0.4) is 0 Å². The van der Waals surface area contributed by atoms with Crippen LogP contribution in [-0.2, 0) is 13.0 Å². The van der Waals surface area contributed by atoms with Gasteiger partial charge in [-0.2, -0.15) is 0 Å². The Balaban J connectivity index is 1.36. The second-order valence-corrected chi connectivity index (χ2v) is 7.38. The number of pyridine rings is 1. The van der Waals surface area contributed by atoms with Crippen LogP contribution in [0.15, 0.2) is 71.3 Å². The molecule has 2 aromatic carbocycles. The number of nitrogens with zero attached hydrogens (tertiary/aromatic N) is 2. The van der Waals surface area contributed by atoms with Gasteiger partial charge in [-0.1, -0.05) is 12.1 Å². The van der Waals surface area contributed by atoms with Crippen LogP contribution in [0.25, 0.3) is 10.9 Å². The summed E-state index contributed by atoms with van der Waals surface area (Å²) in [4.78, 5) is 19.5. The van der Waals surface area contributed by atoms with Gasteiger partial charge in [0.1, 0.15) is 11.6 Å². The number of carbonyl (C=O) groups excluding carboxylic acids is 1. The van der Waals surface area contributed by atoms with E-state index in [1.807, 2.05) is 36.4 Å². The molecule has 0 aliphatic carbocycles. The van der Waals surface area contributed by atoms with E-state index in [1.54, 1.807) is 6.26 Å². The number of aromatic nitrogens is 1. The first kappa shape index (κ1) is 17.5. The molecule has 144 valence electrons. The molecule has 0 spiro atoms. The SMILES string of the molecule is Cc1ccc2cc3c(nc2c1)N(c1ccc(C(=O)NCc2ccco2)cc1)CC3. The minimum absolute atomic E-state index is 0.116. The average Bonchev–Trinajstić information content (AvgIpc) is 3.40. The van der Waals surface area contributed by atoms with Crippen LogP contribution in [-0.4, -0.2) is 17.4 Å². The van der Waals surface area contributed by atoms with Crippen molar-refractivity contribution in [2.75, 3.05) is 11.4 Å². The molecule has 5 rings (SSSR count). The quantitative estimate of drug-likeness (QED) is 0.552. The molecule has 5 heteroatoms. The molecular weight excluding hydrogens is 362 g/mol. The lowest BCUT2D eigenvalue weighted by Gasteiger charge is -2.19. The molecule has 2 aromatic heterocycles. The lowest BCUT2D eigenvalue weighted by Crippen LogP contribution is -2.22. The Kier molecular flexibility index (Phi) is 4.28. The number of hydrogen-bond acceptors (Lipinski definition) is 4. The number of carbonyl (C=O) groups is 1. The number of fused-ring (bicyclic) bond motifs is 2. The van der Waals surface area contributed by atoms with E-state index in [0.29, 0.717) is 12.1 Å². The zero-order chi connectivity index (χ0) is 19.8. The second kappa shape index (κ2) is 7.09. The lowest BCUT2D eigenvalue weighted by atomic mass is 10.1. The van der Waals surface area contributed by atoms with Gasteiger partial charge in [-0.3, -0.25) is 4.79 Å². The summed E-state index contributed by atoms with van der Waals surface area (Å²) < 4.78 is 5.25. The molecule has 1 aliphatic rings. The number of aryl methyl sites for hydroxylation is 1. The van der Waals surface area contributed by atoms with E-state index < -0.39 is 0 Å². The number of benzene rings is 2. The maximum atomic E-state index is 12.4. The molecule has 5 nitrogen and oxygen atoms in total. The molecule has 3 heterocycles. The van der Waals surface area contributed by atoms with Crippen LogP contribution in [0.5, 0.6) is 0 Å². The van der Waals surface area contributed by atoms with E-state index in [0.717, 1.165) is 35.7 Å². The molecule has 29 heavy (non-hydrogen) atoms. The largest absolute Gasteiger partial charge is 0.467 e. The minimum Gasteiger partial charge on any atom is -0.467 e. The molecule has 0 radical (unpaired) electrons. The number of hydrogen-bond donors (Lipinski definition) is 1. The molecule has 1 amide bonds. The molecule has 0 saturated heterocycles. The first-order valence-electron chi connectivity index (χ1n) is 9.76. The van der Waals surface area contributed by atoms with Crippen molar-refractivity contribution < 1.29 is 9.21 Å². The molecular formula is C24H21N3O2. The highest BCUT2D eigenvalue weighted by atomic mass is 16.3. The summed E-state index contributed by atoms with van der Waals surface area (Å²) in [7, 11) is 0. The summed E-state index contributed by atoms with van der Waals surface area (Å²) >= 11 is 0. The van der Waals surface area contributed by atoms with Crippen molar-refractivity contribution in [3.05, 3.63) is 89.4 Å². The van der Waals surface area contributed by atoms with Crippen molar-refractivity contribution in [1.82, 2.24) is 10.3 Å². The third-order valence-corrected chi connectivity index (χ3v) is 5.33. The highest BCUT2D eigenvalue weighted by molar-refractivity contribution is 5.94. The lowest BCUT2D eigenvalue weighted by molar-refractivity contribution is 0.0948. The van der Waals surface area contributed by atoms with Crippen LogP contribution >= 0.6 is 0 Å². The fraction of sp³-hybridized carbons (Fsp3) is 0.167. The number of nitrogens with one attached hydrogen (secondary N) is 1. The first-order chi connectivity index (χ1) is 14.2. The van der Waals surface area contributed by atoms with Gasteiger partial charge in [0.25, 0.3) is 5.91 Å². The molecule has 1 N–H and O–H groups in total. The normalized spacial score (nSPS) is 12.9. The standard InChI is InChI=1S/C24H21N3O2/c1-16-4-5-18-14-19-10-11-27(23(19)26-22(18)13-16)20-8-6-17(7-9-20)24(28)25-15-21-3-2-12-29-21/h2-9,12-14H,10-11,15H2,1H3,(H,25,28). The van der Waals surface area contributed by atoms with Crippen molar-refractivity contribution in [2.45, 2.75) is 19.9 Å². The smallest absolute Gasteiger partial charge is 0.251 e. The first-order valence-corrected chi connectivity index (χ1v) is 9.76. The van der Waals surface area contributed by atoms with Gasteiger partial charge in [0.05, 0.1) is 18.3 Å². The Morgan fingerprint density at radius 3 is 2.79 bits per heavy atom. The Labute approximate surface area is 169 Å². The Hall–Kier alpha value is -3.60.